The van der Waals surface area contributed by atoms with E-state index in [0.717, 1.165) is 16.8 Å². The maximum atomic E-state index is 11.3. The fourth-order valence-electron chi connectivity index (χ4n) is 1.86. The van der Waals surface area contributed by atoms with Gasteiger partial charge in [-0.2, -0.15) is 0 Å². The van der Waals surface area contributed by atoms with Crippen LogP contribution in [0.4, 0.5) is 5.69 Å². The second kappa shape index (κ2) is 6.83. The Bertz CT molecular complexity index is 654. The maximum absolute atomic E-state index is 11.3. The fourth-order valence-corrected chi connectivity index (χ4v) is 2.30. The van der Waals surface area contributed by atoms with Crippen LogP contribution in [0.3, 0.4) is 0 Å². The van der Waals surface area contributed by atoms with Crippen molar-refractivity contribution in [2.75, 3.05) is 12.4 Å². The monoisotopic (exact) mass is 323 g/mol. The number of nitrogens with one attached hydrogen (secondary N) is 1. The van der Waals surface area contributed by atoms with Gasteiger partial charge in [0.05, 0.1) is 23.4 Å². The van der Waals surface area contributed by atoms with E-state index in [1.807, 2.05) is 31.2 Å². The molecule has 0 aromatic heterocycles. The van der Waals surface area contributed by atoms with Crippen LogP contribution in [0.2, 0.25) is 10.0 Å². The van der Waals surface area contributed by atoms with Crippen LogP contribution in [0.15, 0.2) is 36.4 Å². The summed E-state index contributed by atoms with van der Waals surface area (Å²) in [5.74, 6) is -0.345. The predicted molar refractivity (Wildman–Crippen MR) is 86.3 cm³/mol. The Hall–Kier alpha value is -1.71. The molecule has 0 amide bonds. The first kappa shape index (κ1) is 15.7. The molecule has 5 heteroatoms. The highest BCUT2D eigenvalue weighted by molar-refractivity contribution is 6.35. The number of aryl methyl sites for hydroxylation is 1. The van der Waals surface area contributed by atoms with Gasteiger partial charge in [0.15, 0.2) is 0 Å². The number of carbonyl (C=O) groups excluding carboxylic acids is 1. The summed E-state index contributed by atoms with van der Waals surface area (Å²) in [7, 11) is 1.36. The Morgan fingerprint density at radius 3 is 2.43 bits per heavy atom. The summed E-state index contributed by atoms with van der Waals surface area (Å²) < 4.78 is 4.66. The molecule has 0 saturated heterocycles. The number of benzene rings is 2. The fraction of sp³-hybridized carbons (Fsp3) is 0.188. The number of esters is 1. The molecule has 110 valence electrons. The van der Waals surface area contributed by atoms with E-state index in [1.54, 1.807) is 12.1 Å². The summed E-state index contributed by atoms with van der Waals surface area (Å²) in [6.45, 7) is 2.49. The van der Waals surface area contributed by atoms with E-state index in [9.17, 15) is 4.79 Å². The van der Waals surface area contributed by atoms with Gasteiger partial charge < -0.3 is 10.1 Å². The van der Waals surface area contributed by atoms with Crippen LogP contribution in [-0.4, -0.2) is 13.1 Å². The first-order chi connectivity index (χ1) is 10.0. The lowest BCUT2D eigenvalue weighted by Gasteiger charge is -2.10. The van der Waals surface area contributed by atoms with Gasteiger partial charge in [0, 0.05) is 11.6 Å². The van der Waals surface area contributed by atoms with E-state index in [-0.39, 0.29) is 5.97 Å². The minimum absolute atomic E-state index is 0.345. The van der Waals surface area contributed by atoms with Gasteiger partial charge in [-0.3, -0.25) is 0 Å². The Kier molecular flexibility index (Phi) is 5.10. The largest absolute Gasteiger partial charge is 0.465 e. The molecule has 0 aliphatic carbocycles. The zero-order valence-corrected chi connectivity index (χ0v) is 13.3. The van der Waals surface area contributed by atoms with E-state index in [1.165, 1.54) is 7.11 Å². The highest BCUT2D eigenvalue weighted by atomic mass is 35.5. The van der Waals surface area contributed by atoms with Gasteiger partial charge in [0.2, 0.25) is 0 Å². The quantitative estimate of drug-likeness (QED) is 0.829. The molecule has 0 unspecified atom stereocenters. The highest BCUT2D eigenvalue weighted by Crippen LogP contribution is 2.29. The molecule has 21 heavy (non-hydrogen) atoms. The minimum atomic E-state index is -0.345. The van der Waals surface area contributed by atoms with Gasteiger partial charge in [-0.05, 0) is 42.3 Å². The molecule has 0 aliphatic heterocycles. The average molecular weight is 324 g/mol. The zero-order chi connectivity index (χ0) is 15.4. The lowest BCUT2D eigenvalue weighted by molar-refractivity contribution is 0.0600. The van der Waals surface area contributed by atoms with Gasteiger partial charge in [0.25, 0.3) is 0 Å². The van der Waals surface area contributed by atoms with Crippen molar-refractivity contribution in [2.24, 2.45) is 0 Å². The first-order valence-corrected chi connectivity index (χ1v) is 7.13. The van der Waals surface area contributed by atoms with Crippen molar-refractivity contribution in [2.45, 2.75) is 13.5 Å². The van der Waals surface area contributed by atoms with Crippen LogP contribution in [-0.2, 0) is 11.3 Å². The van der Waals surface area contributed by atoms with E-state index < -0.39 is 0 Å². The Morgan fingerprint density at radius 1 is 1.14 bits per heavy atom. The molecule has 0 radical (unpaired) electrons. The van der Waals surface area contributed by atoms with Crippen molar-refractivity contribution in [3.8, 4) is 0 Å². The summed E-state index contributed by atoms with van der Waals surface area (Å²) in [6.07, 6.45) is 0. The van der Waals surface area contributed by atoms with Gasteiger partial charge in [-0.1, -0.05) is 35.3 Å². The molecule has 1 N–H and O–H groups in total. The van der Waals surface area contributed by atoms with E-state index >= 15 is 0 Å². The molecular weight excluding hydrogens is 309 g/mol. The van der Waals surface area contributed by atoms with Gasteiger partial charge in [-0.25, -0.2) is 4.79 Å². The number of ether oxygens (including phenoxy) is 1. The number of rotatable bonds is 4. The molecule has 2 aromatic carbocycles. The molecule has 2 rings (SSSR count). The Labute approximate surface area is 133 Å². The van der Waals surface area contributed by atoms with Crippen molar-refractivity contribution in [1.82, 2.24) is 0 Å². The number of anilines is 1. The average Bonchev–Trinajstić information content (AvgIpc) is 2.49. The Morgan fingerprint density at radius 2 is 1.81 bits per heavy atom. The van der Waals surface area contributed by atoms with E-state index in [4.69, 9.17) is 23.2 Å². The number of methoxy groups -OCH3 is 1. The molecular formula is C16H15Cl2NO2. The molecule has 0 heterocycles. The third-order valence-electron chi connectivity index (χ3n) is 3.11. The summed E-state index contributed by atoms with van der Waals surface area (Å²) in [4.78, 5) is 11.3. The number of halogens is 2. The van der Waals surface area contributed by atoms with Gasteiger partial charge in [0.1, 0.15) is 0 Å². The maximum Gasteiger partial charge on any atom is 0.337 e. The van der Waals surface area contributed by atoms with Crippen LogP contribution >= 0.6 is 23.2 Å². The van der Waals surface area contributed by atoms with Crippen molar-refractivity contribution in [3.05, 3.63) is 63.1 Å². The third kappa shape index (κ3) is 3.90. The normalized spacial score (nSPS) is 10.3. The second-order valence-electron chi connectivity index (χ2n) is 4.62. The molecule has 0 atom stereocenters. The Balaban J connectivity index is 2.06. The summed E-state index contributed by atoms with van der Waals surface area (Å²) in [6, 6.07) is 10.8. The molecule has 2 aromatic rings. The lowest BCUT2D eigenvalue weighted by atomic mass is 10.1. The highest BCUT2D eigenvalue weighted by Gasteiger charge is 2.06. The van der Waals surface area contributed by atoms with Crippen LogP contribution in [0.1, 0.15) is 21.5 Å². The number of hydrogen-bond acceptors (Lipinski definition) is 3. The smallest absolute Gasteiger partial charge is 0.337 e. The second-order valence-corrected chi connectivity index (χ2v) is 5.44. The van der Waals surface area contributed by atoms with Gasteiger partial charge in [-0.15, -0.1) is 0 Å². The zero-order valence-electron chi connectivity index (χ0n) is 11.7. The molecule has 0 bridgehead atoms. The van der Waals surface area contributed by atoms with E-state index in [2.05, 4.69) is 10.1 Å². The summed E-state index contributed by atoms with van der Waals surface area (Å²) in [5.41, 5.74) is 3.27. The SMILES string of the molecule is COC(=O)c1ccc(CNc2cc(Cl)c(C)cc2Cl)cc1. The lowest BCUT2D eigenvalue weighted by Crippen LogP contribution is -2.03. The van der Waals surface area contributed by atoms with Crippen molar-refractivity contribution in [3.63, 3.8) is 0 Å². The molecule has 0 spiro atoms. The van der Waals surface area contributed by atoms with Crippen LogP contribution < -0.4 is 5.32 Å². The van der Waals surface area contributed by atoms with Crippen molar-refractivity contribution < 1.29 is 9.53 Å². The van der Waals surface area contributed by atoms with Crippen LogP contribution in [0, 0.1) is 6.92 Å². The molecule has 0 saturated carbocycles. The van der Waals surface area contributed by atoms with Crippen molar-refractivity contribution >= 4 is 34.9 Å². The predicted octanol–water partition coefficient (Wildman–Crippen LogP) is 4.70. The molecule has 0 aliphatic rings. The van der Waals surface area contributed by atoms with Gasteiger partial charge >= 0.3 is 5.97 Å². The summed E-state index contributed by atoms with van der Waals surface area (Å²) in [5, 5.41) is 4.52. The topological polar surface area (TPSA) is 38.3 Å². The van der Waals surface area contributed by atoms with Crippen molar-refractivity contribution in [1.29, 1.82) is 0 Å². The van der Waals surface area contributed by atoms with Crippen LogP contribution in [0.5, 0.6) is 0 Å². The molecule has 3 nitrogen and oxygen atoms in total. The number of hydrogen-bond donors (Lipinski definition) is 1. The van der Waals surface area contributed by atoms with Crippen LogP contribution in [0.25, 0.3) is 0 Å². The minimum Gasteiger partial charge on any atom is -0.465 e. The first-order valence-electron chi connectivity index (χ1n) is 6.38. The third-order valence-corrected chi connectivity index (χ3v) is 3.83. The molecule has 0 fully saturated rings. The standard InChI is InChI=1S/C16H15Cl2NO2/c1-10-7-14(18)15(8-13(10)17)19-9-11-3-5-12(6-4-11)16(20)21-2/h3-8,19H,9H2,1-2H3. The summed E-state index contributed by atoms with van der Waals surface area (Å²) >= 11 is 12.3. The van der Waals surface area contributed by atoms with E-state index in [0.29, 0.717) is 22.2 Å². The number of carbonyl (C=O) groups is 1.